The van der Waals surface area contributed by atoms with Crippen LogP contribution in [-0.2, 0) is 40.0 Å². The summed E-state index contributed by atoms with van der Waals surface area (Å²) in [5, 5.41) is 50.1. The minimum atomic E-state index is -1.74. The zero-order valence-electron chi connectivity index (χ0n) is 28.9. The number of carboxylic acid groups (broad SMARTS) is 2. The van der Waals surface area contributed by atoms with Crippen molar-refractivity contribution >= 4 is 53.2 Å². The number of hydrogen-bond acceptors (Lipinski definition) is 12. The van der Waals surface area contributed by atoms with Crippen LogP contribution in [0.15, 0.2) is 24.3 Å². The smallest absolute Gasteiger partial charge is 0.326 e. The van der Waals surface area contributed by atoms with E-state index in [1.165, 1.54) is 36.0 Å². The van der Waals surface area contributed by atoms with Crippen LogP contribution in [0.25, 0.3) is 0 Å². The standard InChI is InChI=1S/C32H51N7O11S/c1-17(2)26(31(48)35-21(6-4-5-12-33)28(45)36-22(32(49)50)11-13-51-3)39-30(47)24(15-25(42)43)38-29(46)23(37-27(44)20(34)16-40)14-18-7-9-19(41)10-8-18/h7-10,17,20-24,26,40-41H,4-6,11-16,33-34H2,1-3H3,(H,35,48)(H,36,45)(H,37,44)(H,38,46)(H,39,47)(H,42,43)(H,49,50)/t20-,21-,22-,23-,24-,26-/m0/s1. The van der Waals surface area contributed by atoms with Gasteiger partial charge >= 0.3 is 11.9 Å². The number of amides is 5. The zero-order chi connectivity index (χ0) is 38.7. The van der Waals surface area contributed by atoms with E-state index >= 15 is 0 Å². The molecule has 0 unspecified atom stereocenters. The molecule has 0 fully saturated rings. The summed E-state index contributed by atoms with van der Waals surface area (Å²) in [6, 6.07) is -2.67. The number of hydrogen-bond donors (Lipinski definition) is 11. The lowest BCUT2D eigenvalue weighted by atomic mass is 10.0. The molecule has 51 heavy (non-hydrogen) atoms. The van der Waals surface area contributed by atoms with Gasteiger partial charge in [0.25, 0.3) is 0 Å². The van der Waals surface area contributed by atoms with Crippen molar-refractivity contribution in [1.29, 1.82) is 0 Å². The highest BCUT2D eigenvalue weighted by Crippen LogP contribution is 2.13. The summed E-state index contributed by atoms with van der Waals surface area (Å²) in [5.41, 5.74) is 11.6. The normalized spacial score (nSPS) is 14.6. The number of carbonyl (C=O) groups excluding carboxylic acids is 5. The van der Waals surface area contributed by atoms with Gasteiger partial charge < -0.3 is 58.5 Å². The second kappa shape index (κ2) is 23.1. The van der Waals surface area contributed by atoms with Crippen LogP contribution in [0.2, 0.25) is 0 Å². The molecular formula is C32H51N7O11S. The van der Waals surface area contributed by atoms with Gasteiger partial charge in [-0.05, 0) is 67.9 Å². The van der Waals surface area contributed by atoms with Crippen molar-refractivity contribution in [3.63, 3.8) is 0 Å². The fraction of sp³-hybridized carbons (Fsp3) is 0.594. The molecule has 6 atom stereocenters. The Morgan fingerprint density at radius 1 is 0.745 bits per heavy atom. The molecule has 1 aromatic carbocycles. The van der Waals surface area contributed by atoms with Crippen molar-refractivity contribution in [2.24, 2.45) is 17.4 Å². The highest BCUT2D eigenvalue weighted by molar-refractivity contribution is 7.98. The Morgan fingerprint density at radius 2 is 1.29 bits per heavy atom. The average molecular weight is 742 g/mol. The molecule has 286 valence electrons. The van der Waals surface area contributed by atoms with E-state index in [-0.39, 0.29) is 25.0 Å². The van der Waals surface area contributed by atoms with Gasteiger partial charge in [-0.2, -0.15) is 11.8 Å². The molecule has 0 saturated heterocycles. The third kappa shape index (κ3) is 16.4. The number of thioether (sulfide) groups is 1. The molecule has 0 heterocycles. The minimum Gasteiger partial charge on any atom is -0.508 e. The SMILES string of the molecule is CSCC[C@H](NC(=O)[C@H](CCCCN)NC(=O)[C@@H](NC(=O)[C@H](CC(=O)O)NC(=O)[C@H](Cc1ccc(O)cc1)NC(=O)[C@@H](N)CO)C(C)C)C(=O)O. The first-order valence-corrected chi connectivity index (χ1v) is 17.7. The van der Waals surface area contributed by atoms with Crippen LogP contribution < -0.4 is 38.1 Å². The maximum absolute atomic E-state index is 13.5. The molecule has 0 spiro atoms. The molecule has 0 aliphatic rings. The van der Waals surface area contributed by atoms with Crippen molar-refractivity contribution in [2.75, 3.05) is 25.2 Å². The van der Waals surface area contributed by atoms with E-state index in [0.717, 1.165) is 0 Å². The summed E-state index contributed by atoms with van der Waals surface area (Å²) in [5.74, 6) is -7.47. The Morgan fingerprint density at radius 3 is 1.82 bits per heavy atom. The number of carboxylic acids is 2. The van der Waals surface area contributed by atoms with E-state index in [0.29, 0.717) is 30.7 Å². The van der Waals surface area contributed by atoms with Crippen molar-refractivity contribution in [3.8, 4) is 5.75 Å². The number of aliphatic carboxylic acids is 2. The van der Waals surface area contributed by atoms with Gasteiger partial charge in [-0.25, -0.2) is 4.79 Å². The maximum Gasteiger partial charge on any atom is 0.326 e. The number of phenols is 1. The van der Waals surface area contributed by atoms with Crippen LogP contribution in [0, 0.1) is 5.92 Å². The first-order chi connectivity index (χ1) is 24.0. The van der Waals surface area contributed by atoms with Gasteiger partial charge in [0.1, 0.15) is 42.0 Å². The lowest BCUT2D eigenvalue weighted by Gasteiger charge is -2.28. The molecule has 1 rings (SSSR count). The van der Waals surface area contributed by atoms with Gasteiger partial charge in [0.05, 0.1) is 13.0 Å². The number of nitrogens with two attached hydrogens (primary N) is 2. The van der Waals surface area contributed by atoms with Crippen molar-refractivity contribution in [2.45, 2.75) is 88.6 Å². The third-order valence-electron chi connectivity index (χ3n) is 7.61. The Labute approximate surface area is 300 Å². The van der Waals surface area contributed by atoms with E-state index in [2.05, 4.69) is 26.6 Å². The number of rotatable bonds is 24. The largest absolute Gasteiger partial charge is 0.508 e. The van der Waals surface area contributed by atoms with Gasteiger partial charge in [0.15, 0.2) is 0 Å². The zero-order valence-corrected chi connectivity index (χ0v) is 29.7. The fourth-order valence-electron chi connectivity index (χ4n) is 4.67. The number of phenolic OH excluding ortho intramolecular Hbond substituents is 1. The van der Waals surface area contributed by atoms with Crippen LogP contribution in [0.3, 0.4) is 0 Å². The van der Waals surface area contributed by atoms with Gasteiger partial charge in [0, 0.05) is 6.42 Å². The van der Waals surface area contributed by atoms with Crippen LogP contribution in [0.4, 0.5) is 0 Å². The van der Waals surface area contributed by atoms with E-state index in [4.69, 9.17) is 11.5 Å². The fourth-order valence-corrected chi connectivity index (χ4v) is 5.14. The summed E-state index contributed by atoms with van der Waals surface area (Å²) in [7, 11) is 0. The van der Waals surface area contributed by atoms with Crippen LogP contribution in [0.1, 0.15) is 51.5 Å². The van der Waals surface area contributed by atoms with Crippen molar-refractivity contribution in [1.82, 2.24) is 26.6 Å². The van der Waals surface area contributed by atoms with E-state index in [1.807, 2.05) is 0 Å². The number of aliphatic hydroxyl groups excluding tert-OH is 1. The van der Waals surface area contributed by atoms with Gasteiger partial charge in [-0.15, -0.1) is 0 Å². The molecule has 0 bridgehead atoms. The first-order valence-electron chi connectivity index (χ1n) is 16.3. The summed E-state index contributed by atoms with van der Waals surface area (Å²) in [4.78, 5) is 89.6. The molecule has 0 saturated carbocycles. The Bertz CT molecular complexity index is 1330. The van der Waals surface area contributed by atoms with Gasteiger partial charge in [-0.1, -0.05) is 26.0 Å². The molecule has 0 radical (unpaired) electrons. The molecule has 1 aromatic rings. The number of benzene rings is 1. The third-order valence-corrected chi connectivity index (χ3v) is 8.25. The monoisotopic (exact) mass is 741 g/mol. The van der Waals surface area contributed by atoms with Gasteiger partial charge in [-0.3, -0.25) is 28.8 Å². The van der Waals surface area contributed by atoms with E-state index in [9.17, 15) is 54.0 Å². The number of unbranched alkanes of at least 4 members (excludes halogenated alkanes) is 1. The van der Waals surface area contributed by atoms with Crippen molar-refractivity contribution in [3.05, 3.63) is 29.8 Å². The highest BCUT2D eigenvalue weighted by Gasteiger charge is 2.34. The number of carbonyl (C=O) groups is 7. The molecule has 19 heteroatoms. The molecular weight excluding hydrogens is 690 g/mol. The predicted molar refractivity (Wildman–Crippen MR) is 187 cm³/mol. The summed E-state index contributed by atoms with van der Waals surface area (Å²) >= 11 is 1.40. The highest BCUT2D eigenvalue weighted by atomic mass is 32.2. The summed E-state index contributed by atoms with van der Waals surface area (Å²) in [6.07, 6.45) is 1.85. The maximum atomic E-state index is 13.5. The molecule has 0 aromatic heterocycles. The summed E-state index contributed by atoms with van der Waals surface area (Å²) < 4.78 is 0. The Hall–Kier alpha value is -4.46. The Kier molecular flexibility index (Phi) is 20.2. The molecule has 13 N–H and O–H groups in total. The molecule has 0 aliphatic heterocycles. The lowest BCUT2D eigenvalue weighted by Crippen LogP contribution is -2.60. The topological polar surface area (TPSA) is 313 Å². The number of nitrogens with one attached hydrogen (secondary N) is 5. The predicted octanol–water partition coefficient (Wildman–Crippen LogP) is -2.22. The van der Waals surface area contributed by atoms with Crippen LogP contribution in [0.5, 0.6) is 5.75 Å². The first kappa shape index (κ1) is 44.6. The van der Waals surface area contributed by atoms with Gasteiger partial charge in [0.2, 0.25) is 29.5 Å². The minimum absolute atomic E-state index is 0.0638. The number of aliphatic hydroxyl groups is 1. The summed E-state index contributed by atoms with van der Waals surface area (Å²) in [6.45, 7) is 2.73. The quantitative estimate of drug-likeness (QED) is 0.0500. The second-order valence-electron chi connectivity index (χ2n) is 12.1. The van der Waals surface area contributed by atoms with Crippen LogP contribution >= 0.6 is 11.8 Å². The lowest BCUT2D eigenvalue weighted by molar-refractivity contribution is -0.142. The Balaban J connectivity index is 3.26. The van der Waals surface area contributed by atoms with Crippen LogP contribution in [-0.4, -0.2) is 123 Å². The van der Waals surface area contributed by atoms with E-state index in [1.54, 1.807) is 20.1 Å². The average Bonchev–Trinajstić information content (AvgIpc) is 3.07. The van der Waals surface area contributed by atoms with Crippen molar-refractivity contribution < 1.29 is 54.0 Å². The van der Waals surface area contributed by atoms with E-state index < -0.39 is 96.7 Å². The number of aromatic hydroxyl groups is 1. The molecule has 0 aliphatic carbocycles. The second-order valence-corrected chi connectivity index (χ2v) is 13.1. The molecule has 5 amide bonds. The molecule has 18 nitrogen and oxygen atoms in total.